The Morgan fingerprint density at radius 1 is 0.906 bits per heavy atom. The molecule has 0 aliphatic carbocycles. The van der Waals surface area contributed by atoms with E-state index in [4.69, 9.17) is 4.74 Å². The van der Waals surface area contributed by atoms with Crippen molar-refractivity contribution in [1.29, 1.82) is 0 Å². The Balaban J connectivity index is 1.45. The SMILES string of the molecule is COc1ccc(CCNC(=O)CNc2ccc(F)c(NC(=O)Cc3ccccc3)c2)cc1. The zero-order valence-electron chi connectivity index (χ0n) is 17.9. The van der Waals surface area contributed by atoms with Crippen LogP contribution in [0.1, 0.15) is 11.1 Å². The van der Waals surface area contributed by atoms with Crippen LogP contribution in [0.5, 0.6) is 5.75 Å². The number of halogens is 1. The van der Waals surface area contributed by atoms with Crippen molar-refractivity contribution in [2.75, 3.05) is 30.8 Å². The first-order valence-corrected chi connectivity index (χ1v) is 10.3. The molecule has 0 heterocycles. The van der Waals surface area contributed by atoms with Crippen LogP contribution in [0, 0.1) is 5.82 Å². The van der Waals surface area contributed by atoms with E-state index >= 15 is 0 Å². The van der Waals surface area contributed by atoms with Crippen LogP contribution in [0.4, 0.5) is 15.8 Å². The molecule has 0 atom stereocenters. The highest BCUT2D eigenvalue weighted by atomic mass is 19.1. The number of nitrogens with one attached hydrogen (secondary N) is 3. The second-order valence-corrected chi connectivity index (χ2v) is 7.21. The van der Waals surface area contributed by atoms with Gasteiger partial charge < -0.3 is 20.7 Å². The smallest absolute Gasteiger partial charge is 0.239 e. The second kappa shape index (κ2) is 11.5. The maximum absolute atomic E-state index is 14.1. The lowest BCUT2D eigenvalue weighted by atomic mass is 10.1. The van der Waals surface area contributed by atoms with Crippen LogP contribution in [-0.2, 0) is 22.4 Å². The lowest BCUT2D eigenvalue weighted by Gasteiger charge is -2.11. The average Bonchev–Trinajstić information content (AvgIpc) is 2.80. The molecule has 0 bridgehead atoms. The molecule has 0 aliphatic heterocycles. The van der Waals surface area contributed by atoms with E-state index < -0.39 is 5.82 Å². The fourth-order valence-corrected chi connectivity index (χ4v) is 3.09. The summed E-state index contributed by atoms with van der Waals surface area (Å²) < 4.78 is 19.2. The quantitative estimate of drug-likeness (QED) is 0.453. The van der Waals surface area contributed by atoms with E-state index in [-0.39, 0.29) is 30.5 Å². The topological polar surface area (TPSA) is 79.5 Å². The standard InChI is InChI=1S/C25H26FN3O3/c1-32-21-10-7-18(8-11-21)13-14-27-25(31)17-28-20-9-12-22(26)23(16-20)29-24(30)15-19-5-3-2-4-6-19/h2-12,16,28H,13-15,17H2,1H3,(H,27,31)(H,29,30). The van der Waals surface area contributed by atoms with Gasteiger partial charge in [-0.15, -0.1) is 0 Å². The van der Waals surface area contributed by atoms with Gasteiger partial charge in [-0.2, -0.15) is 0 Å². The van der Waals surface area contributed by atoms with Crippen LogP contribution in [-0.4, -0.2) is 32.0 Å². The monoisotopic (exact) mass is 435 g/mol. The van der Waals surface area contributed by atoms with Crippen molar-refractivity contribution in [1.82, 2.24) is 5.32 Å². The first-order valence-electron chi connectivity index (χ1n) is 10.3. The largest absolute Gasteiger partial charge is 0.497 e. The van der Waals surface area contributed by atoms with Gasteiger partial charge in [0.15, 0.2) is 0 Å². The molecule has 3 aromatic rings. The van der Waals surface area contributed by atoms with Crippen LogP contribution in [0.25, 0.3) is 0 Å². The predicted molar refractivity (Wildman–Crippen MR) is 123 cm³/mol. The van der Waals surface area contributed by atoms with E-state index in [0.29, 0.717) is 18.7 Å². The number of carbonyl (C=O) groups is 2. The highest BCUT2D eigenvalue weighted by molar-refractivity contribution is 5.93. The Hall–Kier alpha value is -3.87. The number of amides is 2. The summed E-state index contributed by atoms with van der Waals surface area (Å²) in [7, 11) is 1.62. The van der Waals surface area contributed by atoms with Crippen LogP contribution in [0.2, 0.25) is 0 Å². The van der Waals surface area contributed by atoms with E-state index in [1.807, 2.05) is 54.6 Å². The third kappa shape index (κ3) is 7.12. The van der Waals surface area contributed by atoms with Crippen LogP contribution in [0.3, 0.4) is 0 Å². The Bertz CT molecular complexity index is 1040. The fraction of sp³-hybridized carbons (Fsp3) is 0.200. The Kier molecular flexibility index (Phi) is 8.20. The molecule has 6 nitrogen and oxygen atoms in total. The van der Waals surface area contributed by atoms with Gasteiger partial charge in [-0.1, -0.05) is 42.5 Å². The minimum atomic E-state index is -0.541. The average molecular weight is 435 g/mol. The Morgan fingerprint density at radius 3 is 2.38 bits per heavy atom. The third-order valence-electron chi connectivity index (χ3n) is 4.80. The summed E-state index contributed by atoms with van der Waals surface area (Å²) in [5, 5.41) is 8.38. The molecule has 3 N–H and O–H groups in total. The summed E-state index contributed by atoms with van der Waals surface area (Å²) >= 11 is 0. The number of hydrogen-bond acceptors (Lipinski definition) is 4. The van der Waals surface area contributed by atoms with Crippen molar-refractivity contribution in [3.63, 3.8) is 0 Å². The maximum Gasteiger partial charge on any atom is 0.239 e. The molecule has 0 aromatic heterocycles. The van der Waals surface area contributed by atoms with Gasteiger partial charge in [-0.05, 0) is 47.9 Å². The molecule has 0 radical (unpaired) electrons. The van der Waals surface area contributed by atoms with E-state index in [1.165, 1.54) is 18.2 Å². The van der Waals surface area contributed by atoms with Crippen molar-refractivity contribution in [2.45, 2.75) is 12.8 Å². The summed E-state index contributed by atoms with van der Waals surface area (Å²) in [4.78, 5) is 24.3. The van der Waals surface area contributed by atoms with Gasteiger partial charge in [-0.25, -0.2) is 4.39 Å². The van der Waals surface area contributed by atoms with E-state index in [2.05, 4.69) is 16.0 Å². The lowest BCUT2D eigenvalue weighted by Crippen LogP contribution is -2.31. The summed E-state index contributed by atoms with van der Waals surface area (Å²) in [6.07, 6.45) is 0.846. The molecule has 7 heteroatoms. The molecule has 2 amide bonds. The third-order valence-corrected chi connectivity index (χ3v) is 4.80. The first-order chi connectivity index (χ1) is 15.5. The molecule has 0 saturated heterocycles. The van der Waals surface area contributed by atoms with Gasteiger partial charge in [0.1, 0.15) is 11.6 Å². The van der Waals surface area contributed by atoms with Crippen molar-refractivity contribution < 1.29 is 18.7 Å². The molecular formula is C25H26FN3O3. The maximum atomic E-state index is 14.1. The molecule has 0 unspecified atom stereocenters. The normalized spacial score (nSPS) is 10.3. The van der Waals surface area contributed by atoms with Crippen molar-refractivity contribution in [3.05, 3.63) is 89.7 Å². The summed E-state index contributed by atoms with van der Waals surface area (Å²) in [5.41, 5.74) is 2.53. The minimum Gasteiger partial charge on any atom is -0.497 e. The van der Waals surface area contributed by atoms with Crippen LogP contribution < -0.4 is 20.7 Å². The number of carbonyl (C=O) groups excluding carboxylic acids is 2. The van der Waals surface area contributed by atoms with Gasteiger partial charge in [-0.3, -0.25) is 9.59 Å². The highest BCUT2D eigenvalue weighted by Gasteiger charge is 2.10. The number of methoxy groups -OCH3 is 1. The molecule has 3 aromatic carbocycles. The molecule has 0 spiro atoms. The number of rotatable bonds is 10. The number of benzene rings is 3. The molecule has 32 heavy (non-hydrogen) atoms. The fourth-order valence-electron chi connectivity index (χ4n) is 3.09. The highest BCUT2D eigenvalue weighted by Crippen LogP contribution is 2.20. The van der Waals surface area contributed by atoms with Crippen molar-refractivity contribution in [3.8, 4) is 5.75 Å². The predicted octanol–water partition coefficient (Wildman–Crippen LogP) is 3.79. The Morgan fingerprint density at radius 2 is 1.66 bits per heavy atom. The molecule has 3 rings (SSSR count). The lowest BCUT2D eigenvalue weighted by molar-refractivity contribution is -0.119. The number of anilines is 2. The van der Waals surface area contributed by atoms with E-state index in [0.717, 1.165) is 16.9 Å². The molecule has 166 valence electrons. The van der Waals surface area contributed by atoms with Gasteiger partial charge in [0, 0.05) is 12.2 Å². The second-order valence-electron chi connectivity index (χ2n) is 7.21. The zero-order chi connectivity index (χ0) is 22.8. The zero-order valence-corrected chi connectivity index (χ0v) is 17.9. The van der Waals surface area contributed by atoms with Gasteiger partial charge in [0.25, 0.3) is 0 Å². The summed E-state index contributed by atoms with van der Waals surface area (Å²) in [6, 6.07) is 21.1. The van der Waals surface area contributed by atoms with Gasteiger partial charge in [0.05, 0.1) is 25.8 Å². The first kappa shape index (κ1) is 22.8. The minimum absolute atomic E-state index is 0.0334. The van der Waals surface area contributed by atoms with Gasteiger partial charge in [0.2, 0.25) is 11.8 Å². The Labute approximate surface area is 186 Å². The van der Waals surface area contributed by atoms with Crippen LogP contribution in [0.15, 0.2) is 72.8 Å². The van der Waals surface area contributed by atoms with E-state index in [9.17, 15) is 14.0 Å². The van der Waals surface area contributed by atoms with Crippen LogP contribution >= 0.6 is 0 Å². The van der Waals surface area contributed by atoms with E-state index in [1.54, 1.807) is 7.11 Å². The van der Waals surface area contributed by atoms with Crippen molar-refractivity contribution in [2.24, 2.45) is 0 Å². The molecule has 0 aliphatic rings. The molecule has 0 saturated carbocycles. The number of ether oxygens (including phenoxy) is 1. The molecule has 0 fully saturated rings. The van der Waals surface area contributed by atoms with Gasteiger partial charge >= 0.3 is 0 Å². The summed E-state index contributed by atoms with van der Waals surface area (Å²) in [5.74, 6) is -0.251. The van der Waals surface area contributed by atoms with Crippen molar-refractivity contribution >= 4 is 23.2 Å². The number of hydrogen-bond donors (Lipinski definition) is 3. The summed E-state index contributed by atoms with van der Waals surface area (Å²) in [6.45, 7) is 0.530. The molecular weight excluding hydrogens is 409 g/mol.